The zero-order valence-corrected chi connectivity index (χ0v) is 12.6. The number of sulfonamides is 1. The molecule has 0 saturated heterocycles. The molecule has 2 aromatic rings. The number of hydrogen-bond donors (Lipinski definition) is 2. The van der Waals surface area contributed by atoms with Crippen LogP contribution in [0.1, 0.15) is 11.1 Å². The molecule has 0 fully saturated rings. The lowest BCUT2D eigenvalue weighted by atomic mass is 10.2. The average Bonchev–Trinajstić information content (AvgIpc) is 2.95. The second kappa shape index (κ2) is 6.36. The summed E-state index contributed by atoms with van der Waals surface area (Å²) in [6.07, 6.45) is 0. The maximum Gasteiger partial charge on any atom is 0.250 e. The Morgan fingerprint density at radius 3 is 2.75 bits per heavy atom. The highest BCUT2D eigenvalue weighted by Crippen LogP contribution is 2.21. The molecule has 0 aliphatic carbocycles. The van der Waals surface area contributed by atoms with Crippen molar-refractivity contribution in [1.29, 1.82) is 0 Å². The maximum atomic E-state index is 12.2. The van der Waals surface area contributed by atoms with Crippen LogP contribution in [0.5, 0.6) is 5.75 Å². The zero-order valence-electron chi connectivity index (χ0n) is 11.0. The second-order valence-corrected chi connectivity index (χ2v) is 7.02. The molecule has 3 N–H and O–H groups in total. The fourth-order valence-corrected chi connectivity index (χ4v) is 3.97. The molecule has 0 saturated carbocycles. The van der Waals surface area contributed by atoms with E-state index in [0.29, 0.717) is 12.3 Å². The van der Waals surface area contributed by atoms with E-state index < -0.39 is 10.0 Å². The summed E-state index contributed by atoms with van der Waals surface area (Å²) in [6.45, 7) is 0.515. The monoisotopic (exact) mass is 312 g/mol. The van der Waals surface area contributed by atoms with Crippen LogP contribution in [0.15, 0.2) is 39.9 Å². The molecule has 20 heavy (non-hydrogen) atoms. The van der Waals surface area contributed by atoms with Crippen LogP contribution in [-0.4, -0.2) is 15.5 Å². The van der Waals surface area contributed by atoms with Gasteiger partial charge in [-0.3, -0.25) is 0 Å². The Bertz CT molecular complexity index is 680. The molecule has 0 spiro atoms. The van der Waals surface area contributed by atoms with Crippen LogP contribution in [0.25, 0.3) is 0 Å². The van der Waals surface area contributed by atoms with E-state index in [1.54, 1.807) is 24.6 Å². The Morgan fingerprint density at radius 1 is 1.35 bits per heavy atom. The SMILES string of the molecule is COc1ccccc1CNS(=O)(=O)c1cc(CN)cs1. The summed E-state index contributed by atoms with van der Waals surface area (Å²) in [5.74, 6) is 0.657. The Hall–Kier alpha value is -1.41. The predicted octanol–water partition coefficient (Wildman–Crippen LogP) is 1.69. The van der Waals surface area contributed by atoms with Gasteiger partial charge in [0.15, 0.2) is 0 Å². The second-order valence-electron chi connectivity index (χ2n) is 4.11. The smallest absolute Gasteiger partial charge is 0.250 e. The number of thiophene rings is 1. The van der Waals surface area contributed by atoms with Gasteiger partial charge in [0.05, 0.1) is 7.11 Å². The van der Waals surface area contributed by atoms with Crippen LogP contribution in [0.3, 0.4) is 0 Å². The largest absolute Gasteiger partial charge is 0.496 e. The molecule has 0 bridgehead atoms. The van der Waals surface area contributed by atoms with E-state index in [4.69, 9.17) is 10.5 Å². The first kappa shape index (κ1) is 15.0. The maximum absolute atomic E-state index is 12.2. The van der Waals surface area contributed by atoms with Gasteiger partial charge in [0.2, 0.25) is 10.0 Å². The van der Waals surface area contributed by atoms with E-state index in [2.05, 4.69) is 4.72 Å². The van der Waals surface area contributed by atoms with E-state index in [1.165, 1.54) is 0 Å². The van der Waals surface area contributed by atoms with E-state index in [-0.39, 0.29) is 10.8 Å². The molecule has 0 radical (unpaired) electrons. The lowest BCUT2D eigenvalue weighted by molar-refractivity contribution is 0.409. The van der Waals surface area contributed by atoms with Crippen molar-refractivity contribution >= 4 is 21.4 Å². The fraction of sp³-hybridized carbons (Fsp3) is 0.231. The van der Waals surface area contributed by atoms with Crippen molar-refractivity contribution in [2.24, 2.45) is 5.73 Å². The first-order valence-corrected chi connectivity index (χ1v) is 8.32. The highest BCUT2D eigenvalue weighted by molar-refractivity contribution is 7.91. The van der Waals surface area contributed by atoms with E-state index in [9.17, 15) is 8.42 Å². The van der Waals surface area contributed by atoms with Crippen molar-refractivity contribution in [2.45, 2.75) is 17.3 Å². The predicted molar refractivity (Wildman–Crippen MR) is 79.2 cm³/mol. The van der Waals surface area contributed by atoms with Gasteiger partial charge in [0.1, 0.15) is 9.96 Å². The van der Waals surface area contributed by atoms with Crippen molar-refractivity contribution in [3.8, 4) is 5.75 Å². The van der Waals surface area contributed by atoms with Gasteiger partial charge in [0, 0.05) is 18.7 Å². The van der Waals surface area contributed by atoms with Crippen LogP contribution >= 0.6 is 11.3 Å². The topological polar surface area (TPSA) is 81.4 Å². The number of rotatable bonds is 6. The Labute approximate surface area is 122 Å². The van der Waals surface area contributed by atoms with Gasteiger partial charge in [-0.2, -0.15) is 0 Å². The van der Waals surface area contributed by atoms with Crippen LogP contribution in [-0.2, 0) is 23.1 Å². The minimum atomic E-state index is -3.52. The molecule has 0 atom stereocenters. The summed E-state index contributed by atoms with van der Waals surface area (Å²) in [6, 6.07) is 8.88. The standard InChI is InChI=1S/C13H16N2O3S2/c1-18-12-5-3-2-4-11(12)8-15-20(16,17)13-6-10(7-14)9-19-13/h2-6,9,15H,7-8,14H2,1H3. The summed E-state index contributed by atoms with van der Waals surface area (Å²) in [5.41, 5.74) is 7.08. The number of methoxy groups -OCH3 is 1. The number of para-hydroxylation sites is 1. The molecule has 5 nitrogen and oxygen atoms in total. The lowest BCUT2D eigenvalue weighted by Gasteiger charge is -2.09. The molecular weight excluding hydrogens is 296 g/mol. The van der Waals surface area contributed by atoms with Crippen LogP contribution in [0.4, 0.5) is 0 Å². The average molecular weight is 312 g/mol. The first-order chi connectivity index (χ1) is 9.56. The summed E-state index contributed by atoms with van der Waals surface area (Å²) < 4.78 is 32.3. The molecule has 108 valence electrons. The van der Waals surface area contributed by atoms with Gasteiger partial charge in [-0.25, -0.2) is 13.1 Å². The molecule has 2 rings (SSSR count). The number of hydrogen-bond acceptors (Lipinski definition) is 5. The summed E-state index contributed by atoms with van der Waals surface area (Å²) in [5, 5.41) is 1.75. The van der Waals surface area contributed by atoms with Crippen LogP contribution in [0.2, 0.25) is 0 Å². The van der Waals surface area contributed by atoms with E-state index in [1.807, 2.05) is 18.2 Å². The molecule has 0 unspecified atom stereocenters. The van der Waals surface area contributed by atoms with Crippen LogP contribution in [0, 0.1) is 0 Å². The number of benzene rings is 1. The minimum absolute atomic E-state index is 0.183. The third kappa shape index (κ3) is 3.37. The number of nitrogens with two attached hydrogens (primary N) is 1. The number of ether oxygens (including phenoxy) is 1. The molecule has 0 amide bonds. The highest BCUT2D eigenvalue weighted by atomic mass is 32.2. The summed E-state index contributed by atoms with van der Waals surface area (Å²) in [7, 11) is -1.96. The molecule has 1 aromatic carbocycles. The third-order valence-electron chi connectivity index (χ3n) is 2.78. The van der Waals surface area contributed by atoms with E-state index >= 15 is 0 Å². The quantitative estimate of drug-likeness (QED) is 0.850. The Kier molecular flexibility index (Phi) is 4.77. The molecule has 1 aromatic heterocycles. The summed E-state index contributed by atoms with van der Waals surface area (Å²) >= 11 is 1.16. The van der Waals surface area contributed by atoms with Crippen molar-refractivity contribution in [1.82, 2.24) is 4.72 Å². The minimum Gasteiger partial charge on any atom is -0.496 e. The van der Waals surface area contributed by atoms with Crippen molar-refractivity contribution in [3.05, 3.63) is 46.8 Å². The molecule has 0 aliphatic heterocycles. The number of nitrogens with one attached hydrogen (secondary N) is 1. The fourth-order valence-electron chi connectivity index (χ4n) is 1.69. The molecule has 0 aliphatic rings. The van der Waals surface area contributed by atoms with E-state index in [0.717, 1.165) is 22.5 Å². The third-order valence-corrected chi connectivity index (χ3v) is 5.67. The molecule has 1 heterocycles. The van der Waals surface area contributed by atoms with Crippen molar-refractivity contribution in [3.63, 3.8) is 0 Å². The Morgan fingerprint density at radius 2 is 2.10 bits per heavy atom. The van der Waals surface area contributed by atoms with Gasteiger partial charge in [-0.05, 0) is 23.1 Å². The van der Waals surface area contributed by atoms with Gasteiger partial charge in [-0.1, -0.05) is 18.2 Å². The van der Waals surface area contributed by atoms with Crippen LogP contribution < -0.4 is 15.2 Å². The lowest BCUT2D eigenvalue weighted by Crippen LogP contribution is -2.22. The normalized spacial score (nSPS) is 11.5. The summed E-state index contributed by atoms with van der Waals surface area (Å²) in [4.78, 5) is 0. The zero-order chi connectivity index (χ0) is 14.6. The first-order valence-electron chi connectivity index (χ1n) is 5.96. The Balaban J connectivity index is 2.13. The molecular formula is C13H16N2O3S2. The molecule has 7 heteroatoms. The van der Waals surface area contributed by atoms with Gasteiger partial charge >= 0.3 is 0 Å². The highest BCUT2D eigenvalue weighted by Gasteiger charge is 2.17. The van der Waals surface area contributed by atoms with Gasteiger partial charge < -0.3 is 10.5 Å². The van der Waals surface area contributed by atoms with Gasteiger partial charge in [-0.15, -0.1) is 11.3 Å². The van der Waals surface area contributed by atoms with Crippen molar-refractivity contribution in [2.75, 3.05) is 7.11 Å². The van der Waals surface area contributed by atoms with Gasteiger partial charge in [0.25, 0.3) is 0 Å². The van der Waals surface area contributed by atoms with Crippen molar-refractivity contribution < 1.29 is 13.2 Å².